The fraction of sp³-hybridized carbons (Fsp3) is 0.625. The lowest BCUT2D eigenvalue weighted by Crippen LogP contribution is -2.30. The van der Waals surface area contributed by atoms with Crippen LogP contribution in [-0.2, 0) is 11.2 Å². The summed E-state index contributed by atoms with van der Waals surface area (Å²) in [6, 6.07) is 6.25. The van der Waals surface area contributed by atoms with Crippen LogP contribution in [0.25, 0.3) is 0 Å². The van der Waals surface area contributed by atoms with E-state index in [2.05, 4.69) is 11.4 Å². The molecule has 2 nitrogen and oxygen atoms in total. The Balaban J connectivity index is 1.86. The van der Waals surface area contributed by atoms with E-state index in [1.165, 1.54) is 19.3 Å². The third kappa shape index (κ3) is 4.63. The lowest BCUT2D eigenvalue weighted by Gasteiger charge is -2.25. The first-order valence-corrected chi connectivity index (χ1v) is 8.18. The van der Waals surface area contributed by atoms with Gasteiger partial charge < -0.3 is 10.1 Å². The van der Waals surface area contributed by atoms with Crippen LogP contribution in [0.3, 0.4) is 0 Å². The smallest absolute Gasteiger partial charge is 0.0624 e. The number of rotatable bonds is 6. The summed E-state index contributed by atoms with van der Waals surface area (Å²) in [6.45, 7) is 0.926. The fourth-order valence-corrected chi connectivity index (χ4v) is 3.14. The Morgan fingerprint density at radius 2 is 2.20 bits per heavy atom. The first kappa shape index (κ1) is 16.1. The molecule has 1 fully saturated rings. The van der Waals surface area contributed by atoms with E-state index >= 15 is 0 Å². The normalized spacial score (nSPS) is 20.9. The van der Waals surface area contributed by atoms with Crippen LogP contribution in [0.5, 0.6) is 0 Å². The molecule has 0 radical (unpaired) electrons. The zero-order valence-electron chi connectivity index (χ0n) is 12.0. The van der Waals surface area contributed by atoms with Gasteiger partial charge in [0, 0.05) is 12.6 Å². The summed E-state index contributed by atoms with van der Waals surface area (Å²) in [5.74, 6) is 0. The Kier molecular flexibility index (Phi) is 6.63. The molecule has 20 heavy (non-hydrogen) atoms. The fourth-order valence-electron chi connectivity index (χ4n) is 2.74. The molecule has 1 N–H and O–H groups in total. The van der Waals surface area contributed by atoms with Crippen molar-refractivity contribution in [1.82, 2.24) is 5.32 Å². The van der Waals surface area contributed by atoms with Crippen molar-refractivity contribution in [2.45, 2.75) is 50.7 Å². The van der Waals surface area contributed by atoms with Crippen molar-refractivity contribution in [3.8, 4) is 0 Å². The molecule has 112 valence electrons. The van der Waals surface area contributed by atoms with E-state index in [4.69, 9.17) is 27.9 Å². The first-order valence-electron chi connectivity index (χ1n) is 7.42. The van der Waals surface area contributed by atoms with Crippen molar-refractivity contribution in [1.29, 1.82) is 0 Å². The van der Waals surface area contributed by atoms with Crippen molar-refractivity contribution in [3.63, 3.8) is 0 Å². The van der Waals surface area contributed by atoms with E-state index in [1.807, 2.05) is 19.2 Å². The Morgan fingerprint density at radius 1 is 1.35 bits per heavy atom. The predicted molar refractivity (Wildman–Crippen MR) is 85.8 cm³/mol. The van der Waals surface area contributed by atoms with Gasteiger partial charge in [-0.15, -0.1) is 0 Å². The van der Waals surface area contributed by atoms with Crippen molar-refractivity contribution in [2.24, 2.45) is 0 Å². The summed E-state index contributed by atoms with van der Waals surface area (Å²) in [5.41, 5.74) is 1.11. The standard InChI is InChI=1S/C16H23Cl2NO/c1-19-13(8-9-14-6-2-3-10-20-14)11-12-5-4-7-15(17)16(12)18/h4-5,7,13-14,19H,2-3,6,8-11H2,1H3. The minimum absolute atomic E-state index is 0.413. The molecule has 0 aliphatic carbocycles. The van der Waals surface area contributed by atoms with Crippen molar-refractivity contribution >= 4 is 23.2 Å². The van der Waals surface area contributed by atoms with Crippen LogP contribution in [0.15, 0.2) is 18.2 Å². The molecule has 2 rings (SSSR count). The van der Waals surface area contributed by atoms with E-state index in [-0.39, 0.29) is 0 Å². The Labute approximate surface area is 131 Å². The average molecular weight is 316 g/mol. The van der Waals surface area contributed by atoms with Gasteiger partial charge in [0.15, 0.2) is 0 Å². The van der Waals surface area contributed by atoms with Gasteiger partial charge in [-0.1, -0.05) is 35.3 Å². The van der Waals surface area contributed by atoms with Crippen LogP contribution in [0.4, 0.5) is 0 Å². The zero-order valence-corrected chi connectivity index (χ0v) is 13.5. The van der Waals surface area contributed by atoms with Gasteiger partial charge in [-0.25, -0.2) is 0 Å². The Hall–Kier alpha value is -0.280. The molecule has 1 saturated heterocycles. The quantitative estimate of drug-likeness (QED) is 0.836. The largest absolute Gasteiger partial charge is 0.378 e. The predicted octanol–water partition coefficient (Wildman–Crippen LogP) is 4.47. The van der Waals surface area contributed by atoms with Crippen LogP contribution >= 0.6 is 23.2 Å². The monoisotopic (exact) mass is 315 g/mol. The number of hydrogen-bond donors (Lipinski definition) is 1. The van der Waals surface area contributed by atoms with Gasteiger partial charge in [-0.2, -0.15) is 0 Å². The number of ether oxygens (including phenoxy) is 1. The van der Waals surface area contributed by atoms with E-state index < -0.39 is 0 Å². The summed E-state index contributed by atoms with van der Waals surface area (Å²) in [7, 11) is 2.00. The first-order chi connectivity index (χ1) is 9.70. The van der Waals surface area contributed by atoms with Gasteiger partial charge in [0.05, 0.1) is 16.1 Å². The Bertz CT molecular complexity index is 419. The van der Waals surface area contributed by atoms with Gasteiger partial charge in [0.25, 0.3) is 0 Å². The van der Waals surface area contributed by atoms with Gasteiger partial charge in [-0.05, 0) is 57.2 Å². The molecule has 1 aliphatic heterocycles. The SMILES string of the molecule is CNC(CCC1CCCCO1)Cc1cccc(Cl)c1Cl. The maximum Gasteiger partial charge on any atom is 0.0624 e. The molecule has 0 amide bonds. The van der Waals surface area contributed by atoms with Gasteiger partial charge in [-0.3, -0.25) is 0 Å². The molecular formula is C16H23Cl2NO. The third-order valence-corrected chi connectivity index (χ3v) is 4.88. The second kappa shape index (κ2) is 8.23. The average Bonchev–Trinajstić information content (AvgIpc) is 2.49. The number of halogens is 2. The zero-order chi connectivity index (χ0) is 14.4. The molecule has 1 heterocycles. The second-order valence-corrected chi connectivity index (χ2v) is 6.25. The molecule has 2 atom stereocenters. The minimum atomic E-state index is 0.413. The van der Waals surface area contributed by atoms with Crippen molar-refractivity contribution in [2.75, 3.05) is 13.7 Å². The minimum Gasteiger partial charge on any atom is -0.378 e. The van der Waals surface area contributed by atoms with E-state index in [1.54, 1.807) is 0 Å². The molecule has 4 heteroatoms. The van der Waals surface area contributed by atoms with Crippen molar-refractivity contribution in [3.05, 3.63) is 33.8 Å². The van der Waals surface area contributed by atoms with Gasteiger partial charge >= 0.3 is 0 Å². The summed E-state index contributed by atoms with van der Waals surface area (Å²) in [5, 5.41) is 4.70. The summed E-state index contributed by atoms with van der Waals surface area (Å²) < 4.78 is 5.79. The van der Waals surface area contributed by atoms with Gasteiger partial charge in [0.2, 0.25) is 0 Å². The number of hydrogen-bond acceptors (Lipinski definition) is 2. The summed E-state index contributed by atoms with van der Waals surface area (Å²) in [6.07, 6.45) is 7.28. The molecule has 1 aromatic rings. The molecule has 0 aromatic heterocycles. The van der Waals surface area contributed by atoms with Crippen LogP contribution in [0.1, 0.15) is 37.7 Å². The molecule has 1 aliphatic rings. The highest BCUT2D eigenvalue weighted by Gasteiger charge is 2.17. The number of likely N-dealkylation sites (N-methyl/N-ethyl adjacent to an activating group) is 1. The third-order valence-electron chi connectivity index (χ3n) is 4.02. The molecular weight excluding hydrogens is 293 g/mol. The van der Waals surface area contributed by atoms with Crippen LogP contribution in [0.2, 0.25) is 10.0 Å². The maximum absolute atomic E-state index is 6.26. The van der Waals surface area contributed by atoms with E-state index in [9.17, 15) is 0 Å². The molecule has 0 spiro atoms. The lowest BCUT2D eigenvalue weighted by molar-refractivity contribution is 0.00870. The molecule has 1 aromatic carbocycles. The second-order valence-electron chi connectivity index (χ2n) is 5.47. The molecule has 2 unspecified atom stereocenters. The Morgan fingerprint density at radius 3 is 2.90 bits per heavy atom. The van der Waals surface area contributed by atoms with Crippen LogP contribution in [0, 0.1) is 0 Å². The van der Waals surface area contributed by atoms with Crippen LogP contribution in [-0.4, -0.2) is 25.8 Å². The van der Waals surface area contributed by atoms with Crippen molar-refractivity contribution < 1.29 is 4.74 Å². The molecule has 0 saturated carbocycles. The number of benzene rings is 1. The lowest BCUT2D eigenvalue weighted by atomic mass is 9.97. The highest BCUT2D eigenvalue weighted by atomic mass is 35.5. The highest BCUT2D eigenvalue weighted by Crippen LogP contribution is 2.27. The summed E-state index contributed by atoms with van der Waals surface area (Å²) in [4.78, 5) is 0. The van der Waals surface area contributed by atoms with Gasteiger partial charge in [0.1, 0.15) is 0 Å². The van der Waals surface area contributed by atoms with E-state index in [0.717, 1.165) is 31.4 Å². The topological polar surface area (TPSA) is 21.3 Å². The van der Waals surface area contributed by atoms with Crippen LogP contribution < -0.4 is 5.32 Å². The highest BCUT2D eigenvalue weighted by molar-refractivity contribution is 6.42. The summed E-state index contributed by atoms with van der Waals surface area (Å²) >= 11 is 12.3. The maximum atomic E-state index is 6.26. The molecule has 0 bridgehead atoms. The van der Waals surface area contributed by atoms with E-state index in [0.29, 0.717) is 22.2 Å². The number of nitrogens with one attached hydrogen (secondary N) is 1.